The molecule has 100 valence electrons. The summed E-state index contributed by atoms with van der Waals surface area (Å²) in [5.41, 5.74) is 0. The highest BCUT2D eigenvalue weighted by molar-refractivity contribution is 4.79. The van der Waals surface area contributed by atoms with Crippen molar-refractivity contribution in [3.8, 4) is 0 Å². The van der Waals surface area contributed by atoms with Crippen molar-refractivity contribution < 1.29 is 9.47 Å². The summed E-state index contributed by atoms with van der Waals surface area (Å²) in [6.45, 7) is 10.8. The van der Waals surface area contributed by atoms with Crippen LogP contribution in [0.4, 0.5) is 0 Å². The highest BCUT2D eigenvalue weighted by Gasteiger charge is 2.38. The second kappa shape index (κ2) is 5.68. The van der Waals surface area contributed by atoms with Gasteiger partial charge in [-0.05, 0) is 38.8 Å². The minimum absolute atomic E-state index is 0.275. The minimum Gasteiger partial charge on any atom is -0.347 e. The maximum atomic E-state index is 6.10. The van der Waals surface area contributed by atoms with Gasteiger partial charge in [0.25, 0.3) is 0 Å². The van der Waals surface area contributed by atoms with Crippen LogP contribution >= 0.6 is 0 Å². The van der Waals surface area contributed by atoms with Crippen LogP contribution in [0.2, 0.25) is 0 Å². The third kappa shape index (κ3) is 3.94. The average Bonchev–Trinajstić information content (AvgIpc) is 2.60. The van der Waals surface area contributed by atoms with Crippen molar-refractivity contribution in [1.82, 2.24) is 4.90 Å². The van der Waals surface area contributed by atoms with Crippen LogP contribution in [0.15, 0.2) is 0 Å². The number of nitrogens with zero attached hydrogens (tertiary/aromatic N) is 1. The van der Waals surface area contributed by atoms with E-state index in [0.717, 1.165) is 19.6 Å². The van der Waals surface area contributed by atoms with E-state index in [1.54, 1.807) is 0 Å². The van der Waals surface area contributed by atoms with Crippen LogP contribution < -0.4 is 0 Å². The van der Waals surface area contributed by atoms with Crippen molar-refractivity contribution in [2.45, 2.75) is 58.3 Å². The maximum Gasteiger partial charge on any atom is 0.166 e. The molecule has 0 aliphatic carbocycles. The molecule has 0 N–H and O–H groups in total. The third-order valence-corrected chi connectivity index (χ3v) is 3.68. The molecule has 0 unspecified atom stereocenters. The Morgan fingerprint density at radius 3 is 2.59 bits per heavy atom. The van der Waals surface area contributed by atoms with Gasteiger partial charge < -0.3 is 14.4 Å². The molecule has 0 aromatic carbocycles. The second-order valence-electron chi connectivity index (χ2n) is 6.14. The van der Waals surface area contributed by atoms with Crippen LogP contribution in [0.5, 0.6) is 0 Å². The normalized spacial score (nSPS) is 35.6. The monoisotopic (exact) mass is 241 g/mol. The Hall–Kier alpha value is -0.120. The zero-order valence-electron chi connectivity index (χ0n) is 11.6. The van der Waals surface area contributed by atoms with Gasteiger partial charge in [-0.2, -0.15) is 0 Å². The summed E-state index contributed by atoms with van der Waals surface area (Å²) < 4.78 is 12.0. The Bertz CT molecular complexity index is 238. The highest BCUT2D eigenvalue weighted by atomic mass is 16.7. The molecule has 3 heteroatoms. The average molecular weight is 241 g/mol. The summed E-state index contributed by atoms with van der Waals surface area (Å²) in [4.78, 5) is 2.53. The van der Waals surface area contributed by atoms with Crippen molar-refractivity contribution in [2.75, 3.05) is 26.2 Å². The third-order valence-electron chi connectivity index (χ3n) is 3.68. The van der Waals surface area contributed by atoms with Gasteiger partial charge in [-0.25, -0.2) is 0 Å². The largest absolute Gasteiger partial charge is 0.347 e. The molecule has 17 heavy (non-hydrogen) atoms. The van der Waals surface area contributed by atoms with Gasteiger partial charge in [0.2, 0.25) is 0 Å². The molecule has 2 aliphatic rings. The molecule has 0 radical (unpaired) electrons. The number of ether oxygens (including phenoxy) is 2. The predicted molar refractivity (Wildman–Crippen MR) is 69.0 cm³/mol. The molecule has 2 rings (SSSR count). The first-order chi connectivity index (χ1) is 8.07. The van der Waals surface area contributed by atoms with Crippen molar-refractivity contribution in [2.24, 2.45) is 5.92 Å². The lowest BCUT2D eigenvalue weighted by Gasteiger charge is -2.29. The van der Waals surface area contributed by atoms with E-state index >= 15 is 0 Å². The van der Waals surface area contributed by atoms with Crippen molar-refractivity contribution >= 4 is 0 Å². The fourth-order valence-corrected chi connectivity index (χ4v) is 3.06. The Labute approximate surface area is 105 Å². The first-order valence-corrected chi connectivity index (χ1v) is 7.11. The summed E-state index contributed by atoms with van der Waals surface area (Å²) in [5.74, 6) is 0.281. The number of rotatable bonds is 4. The zero-order chi connectivity index (χ0) is 12.3. The SMILES string of the molecule is CC(C)C[C@@]1(C)OC[C@@H](CN2CCCCC2)O1. The van der Waals surface area contributed by atoms with Gasteiger partial charge in [-0.1, -0.05) is 20.3 Å². The number of hydrogen-bond acceptors (Lipinski definition) is 3. The lowest BCUT2D eigenvalue weighted by atomic mass is 10.0. The molecule has 0 aromatic heterocycles. The van der Waals surface area contributed by atoms with Crippen LogP contribution in [0, 0.1) is 5.92 Å². The number of piperidine rings is 1. The Kier molecular flexibility index (Phi) is 4.45. The number of likely N-dealkylation sites (tertiary alicyclic amines) is 1. The molecule has 0 spiro atoms. The smallest absolute Gasteiger partial charge is 0.166 e. The van der Waals surface area contributed by atoms with Crippen LogP contribution in [-0.2, 0) is 9.47 Å². The van der Waals surface area contributed by atoms with Gasteiger partial charge in [0.05, 0.1) is 12.7 Å². The molecule has 2 aliphatic heterocycles. The molecule has 2 heterocycles. The van der Waals surface area contributed by atoms with Crippen molar-refractivity contribution in [3.05, 3.63) is 0 Å². The molecule has 2 atom stereocenters. The minimum atomic E-state index is -0.339. The van der Waals surface area contributed by atoms with E-state index in [0.29, 0.717) is 5.92 Å². The fraction of sp³-hybridized carbons (Fsp3) is 1.00. The molecule has 2 fully saturated rings. The topological polar surface area (TPSA) is 21.7 Å². The van der Waals surface area contributed by atoms with Crippen LogP contribution in [0.3, 0.4) is 0 Å². The summed E-state index contributed by atoms with van der Waals surface area (Å²) in [6, 6.07) is 0. The summed E-state index contributed by atoms with van der Waals surface area (Å²) in [5, 5.41) is 0. The summed E-state index contributed by atoms with van der Waals surface area (Å²) in [6.07, 6.45) is 5.35. The highest BCUT2D eigenvalue weighted by Crippen LogP contribution is 2.30. The summed E-state index contributed by atoms with van der Waals surface area (Å²) in [7, 11) is 0. The van der Waals surface area contributed by atoms with Crippen molar-refractivity contribution in [1.29, 1.82) is 0 Å². The lowest BCUT2D eigenvalue weighted by molar-refractivity contribution is -0.166. The fourth-order valence-electron chi connectivity index (χ4n) is 3.06. The Morgan fingerprint density at radius 2 is 1.94 bits per heavy atom. The molecule has 0 saturated carbocycles. The maximum absolute atomic E-state index is 6.10. The van der Waals surface area contributed by atoms with E-state index in [1.807, 2.05) is 0 Å². The Balaban J connectivity index is 1.76. The summed E-state index contributed by atoms with van der Waals surface area (Å²) >= 11 is 0. The zero-order valence-corrected chi connectivity index (χ0v) is 11.6. The van der Waals surface area contributed by atoms with E-state index in [4.69, 9.17) is 9.47 Å². The lowest BCUT2D eigenvalue weighted by Crippen LogP contribution is -2.38. The molecular formula is C14H27NO2. The van der Waals surface area contributed by atoms with Gasteiger partial charge in [0, 0.05) is 13.0 Å². The van der Waals surface area contributed by atoms with E-state index < -0.39 is 0 Å². The van der Waals surface area contributed by atoms with Gasteiger partial charge in [0.1, 0.15) is 0 Å². The second-order valence-corrected chi connectivity index (χ2v) is 6.14. The quantitative estimate of drug-likeness (QED) is 0.755. The Morgan fingerprint density at radius 1 is 1.24 bits per heavy atom. The van der Waals surface area contributed by atoms with Gasteiger partial charge in [-0.3, -0.25) is 0 Å². The molecule has 3 nitrogen and oxygen atoms in total. The first-order valence-electron chi connectivity index (χ1n) is 7.11. The van der Waals surface area contributed by atoms with E-state index in [9.17, 15) is 0 Å². The van der Waals surface area contributed by atoms with Gasteiger partial charge >= 0.3 is 0 Å². The molecule has 0 bridgehead atoms. The van der Waals surface area contributed by atoms with Crippen LogP contribution in [0.1, 0.15) is 46.5 Å². The van der Waals surface area contributed by atoms with Crippen LogP contribution in [0.25, 0.3) is 0 Å². The molecule has 0 amide bonds. The number of hydrogen-bond donors (Lipinski definition) is 0. The first kappa shape index (κ1) is 13.3. The van der Waals surface area contributed by atoms with Gasteiger partial charge in [-0.15, -0.1) is 0 Å². The van der Waals surface area contributed by atoms with E-state index in [-0.39, 0.29) is 11.9 Å². The van der Waals surface area contributed by atoms with E-state index in [2.05, 4.69) is 25.7 Å². The predicted octanol–water partition coefficient (Wildman–Crippen LogP) is 2.65. The molecule has 2 saturated heterocycles. The van der Waals surface area contributed by atoms with E-state index in [1.165, 1.54) is 32.4 Å². The van der Waals surface area contributed by atoms with Gasteiger partial charge in [0.15, 0.2) is 5.79 Å². The van der Waals surface area contributed by atoms with Crippen LogP contribution in [-0.4, -0.2) is 43.0 Å². The molecular weight excluding hydrogens is 214 g/mol. The standard InChI is InChI=1S/C14H27NO2/c1-12(2)9-14(3)16-11-13(17-14)10-15-7-5-4-6-8-15/h12-13H,4-11H2,1-3H3/t13-,14+/m1/s1. The van der Waals surface area contributed by atoms with Crippen molar-refractivity contribution in [3.63, 3.8) is 0 Å². The molecule has 0 aromatic rings.